The predicted octanol–water partition coefficient (Wildman–Crippen LogP) is 1.51. The van der Waals surface area contributed by atoms with Crippen molar-refractivity contribution in [3.63, 3.8) is 0 Å². The molecule has 0 saturated heterocycles. The second-order valence-electron chi connectivity index (χ2n) is 2.85. The van der Waals surface area contributed by atoms with Crippen LogP contribution in [0.4, 0.5) is 0 Å². The van der Waals surface area contributed by atoms with E-state index in [0.29, 0.717) is 0 Å². The fourth-order valence-electron chi connectivity index (χ4n) is 0.933. The minimum Gasteiger partial charge on any atom is -0.310 e. The zero-order valence-electron chi connectivity index (χ0n) is 6.67. The lowest BCUT2D eigenvalue weighted by Gasteiger charge is -2.10. The summed E-state index contributed by atoms with van der Waals surface area (Å²) in [4.78, 5) is 2.20. The Balaban J connectivity index is 2.28. The van der Waals surface area contributed by atoms with Crippen LogP contribution in [0, 0.1) is 0 Å². The monoisotopic (exact) mass is 136 g/mol. The van der Waals surface area contributed by atoms with Gasteiger partial charge in [0, 0.05) is 0 Å². The topological polar surface area (TPSA) is 3.24 Å². The van der Waals surface area contributed by atoms with Crippen LogP contribution in [0.25, 0.3) is 0 Å². The van der Waals surface area contributed by atoms with Gasteiger partial charge in [-0.15, -0.1) is 0 Å². The summed E-state index contributed by atoms with van der Waals surface area (Å²) in [5.74, 6) is 0. The van der Waals surface area contributed by atoms with E-state index < -0.39 is 0 Å². The lowest BCUT2D eigenvalue weighted by Crippen LogP contribution is -2.14. The molecule has 1 aromatic rings. The Morgan fingerprint density at radius 1 is 1.50 bits per heavy atom. The molecule has 1 nitrogen and oxygen atoms in total. The first-order valence-corrected chi connectivity index (χ1v) is 3.64. The van der Waals surface area contributed by atoms with Crippen molar-refractivity contribution in [2.75, 3.05) is 20.6 Å². The van der Waals surface area contributed by atoms with Gasteiger partial charge in [-0.1, -0.05) is 6.42 Å². The van der Waals surface area contributed by atoms with Crippen LogP contribution in [0.1, 0.15) is 5.56 Å². The summed E-state index contributed by atoms with van der Waals surface area (Å²) in [6, 6.07) is 8.52. The minimum atomic E-state index is 1.14. The van der Waals surface area contributed by atoms with Crippen molar-refractivity contribution in [2.45, 2.75) is 6.42 Å². The van der Waals surface area contributed by atoms with Crippen molar-refractivity contribution in [3.8, 4) is 0 Å². The largest absolute Gasteiger partial charge is 0.310 e. The summed E-state index contributed by atoms with van der Waals surface area (Å²) in [7, 11) is 4.20. The number of rotatable bonds is 3. The van der Waals surface area contributed by atoms with E-state index in [0.717, 1.165) is 6.54 Å². The minimum absolute atomic E-state index is 1.14. The molecule has 0 aliphatic carbocycles. The molecule has 1 rings (SSSR count). The van der Waals surface area contributed by atoms with Gasteiger partial charge in [-0.3, -0.25) is 0 Å². The van der Waals surface area contributed by atoms with Gasteiger partial charge >= 0.3 is 0 Å². The Bertz CT molecular complexity index is 163. The first-order valence-electron chi connectivity index (χ1n) is 3.64. The third kappa shape index (κ3) is 2.28. The lowest BCUT2D eigenvalue weighted by molar-refractivity contribution is 0.414. The molecule has 1 aromatic carbocycles. The van der Waals surface area contributed by atoms with Gasteiger partial charge < -0.3 is 4.90 Å². The molecule has 1 heteroatoms. The van der Waals surface area contributed by atoms with Gasteiger partial charge in [0.25, 0.3) is 0 Å². The Kier molecular flexibility index (Phi) is 2.57. The second kappa shape index (κ2) is 3.47. The Morgan fingerprint density at radius 2 is 2.30 bits per heavy atom. The number of hydrogen-bond acceptors (Lipinski definition) is 1. The molecule has 0 unspecified atom stereocenters. The molecule has 0 atom stereocenters. The molecule has 0 aromatic heterocycles. The van der Waals surface area contributed by atoms with Gasteiger partial charge in [-0.2, -0.15) is 23.8 Å². The molecular formula is C9H14N-. The highest BCUT2D eigenvalue weighted by Crippen LogP contribution is 2.00. The van der Waals surface area contributed by atoms with Crippen LogP contribution in [0.5, 0.6) is 0 Å². The van der Waals surface area contributed by atoms with E-state index in [1.165, 1.54) is 12.0 Å². The summed E-state index contributed by atoms with van der Waals surface area (Å²) >= 11 is 0. The standard InChI is InChI=1S/C9H14N/c1-10(2)8-7-9-5-3-4-6-9/h3-6H,7-8H2,1-2H3/q-1. The molecule has 56 valence electrons. The van der Waals surface area contributed by atoms with Gasteiger partial charge in [0.05, 0.1) is 0 Å². The van der Waals surface area contributed by atoms with Crippen molar-refractivity contribution in [1.29, 1.82) is 0 Å². The van der Waals surface area contributed by atoms with Gasteiger partial charge in [0.15, 0.2) is 0 Å². The Labute approximate surface area is 62.6 Å². The van der Waals surface area contributed by atoms with Gasteiger partial charge in [-0.25, -0.2) is 6.07 Å². The molecular weight excluding hydrogens is 122 g/mol. The highest BCUT2D eigenvalue weighted by molar-refractivity contribution is 5.16. The van der Waals surface area contributed by atoms with E-state index >= 15 is 0 Å². The molecule has 0 fully saturated rings. The SMILES string of the molecule is CN(C)CCc1cc[cH-]c1. The fourth-order valence-corrected chi connectivity index (χ4v) is 0.933. The van der Waals surface area contributed by atoms with Crippen molar-refractivity contribution in [1.82, 2.24) is 4.90 Å². The molecule has 0 aliphatic rings. The van der Waals surface area contributed by atoms with Crippen molar-refractivity contribution in [3.05, 3.63) is 29.8 Å². The third-order valence-corrected chi connectivity index (χ3v) is 1.58. The van der Waals surface area contributed by atoms with Gasteiger partial charge in [-0.05, 0) is 20.6 Å². The zero-order chi connectivity index (χ0) is 7.40. The van der Waals surface area contributed by atoms with Crippen LogP contribution in [-0.2, 0) is 6.42 Å². The van der Waals surface area contributed by atoms with Gasteiger partial charge in [0.1, 0.15) is 0 Å². The average Bonchev–Trinajstić information content (AvgIpc) is 2.34. The molecule has 0 aliphatic heterocycles. The lowest BCUT2D eigenvalue weighted by atomic mass is 10.2. The van der Waals surface area contributed by atoms with E-state index in [1.54, 1.807) is 0 Å². The van der Waals surface area contributed by atoms with E-state index in [9.17, 15) is 0 Å². The molecule has 0 radical (unpaired) electrons. The second-order valence-corrected chi connectivity index (χ2v) is 2.85. The Hall–Kier alpha value is -0.690. The quantitative estimate of drug-likeness (QED) is 0.569. The highest BCUT2D eigenvalue weighted by Gasteiger charge is 1.86. The molecule has 0 saturated carbocycles. The third-order valence-electron chi connectivity index (χ3n) is 1.58. The van der Waals surface area contributed by atoms with Crippen LogP contribution < -0.4 is 0 Å². The molecule has 0 heterocycles. The molecule has 0 N–H and O–H groups in total. The molecule has 10 heavy (non-hydrogen) atoms. The number of likely N-dealkylation sites (N-methyl/N-ethyl adjacent to an activating group) is 1. The summed E-state index contributed by atoms with van der Waals surface area (Å²) in [6.07, 6.45) is 1.17. The van der Waals surface area contributed by atoms with Crippen LogP contribution in [0.15, 0.2) is 24.3 Å². The van der Waals surface area contributed by atoms with E-state index in [-0.39, 0.29) is 0 Å². The summed E-state index contributed by atoms with van der Waals surface area (Å²) < 4.78 is 0. The first-order chi connectivity index (χ1) is 4.79. The zero-order valence-corrected chi connectivity index (χ0v) is 6.67. The molecule has 0 bridgehead atoms. The maximum atomic E-state index is 2.20. The Morgan fingerprint density at radius 3 is 2.80 bits per heavy atom. The van der Waals surface area contributed by atoms with Crippen LogP contribution in [-0.4, -0.2) is 25.5 Å². The van der Waals surface area contributed by atoms with Crippen molar-refractivity contribution in [2.24, 2.45) is 0 Å². The number of hydrogen-bond donors (Lipinski definition) is 0. The van der Waals surface area contributed by atoms with E-state index in [1.807, 2.05) is 0 Å². The van der Waals surface area contributed by atoms with Crippen LogP contribution >= 0.6 is 0 Å². The van der Waals surface area contributed by atoms with E-state index in [4.69, 9.17) is 0 Å². The molecule has 0 spiro atoms. The summed E-state index contributed by atoms with van der Waals surface area (Å²) in [5.41, 5.74) is 1.44. The predicted molar refractivity (Wildman–Crippen MR) is 44.3 cm³/mol. The normalized spacial score (nSPS) is 10.7. The average molecular weight is 136 g/mol. The van der Waals surface area contributed by atoms with E-state index in [2.05, 4.69) is 43.3 Å². The van der Waals surface area contributed by atoms with Crippen molar-refractivity contribution >= 4 is 0 Å². The van der Waals surface area contributed by atoms with Gasteiger partial charge in [0.2, 0.25) is 0 Å². The summed E-state index contributed by atoms with van der Waals surface area (Å²) in [6.45, 7) is 1.14. The molecule has 0 amide bonds. The highest BCUT2D eigenvalue weighted by atomic mass is 15.0. The summed E-state index contributed by atoms with van der Waals surface area (Å²) in [5, 5.41) is 0. The van der Waals surface area contributed by atoms with Crippen molar-refractivity contribution < 1.29 is 0 Å². The van der Waals surface area contributed by atoms with Crippen LogP contribution in [0.2, 0.25) is 0 Å². The maximum absolute atomic E-state index is 2.20. The maximum Gasteiger partial charge on any atom is -0.00987 e. The van der Waals surface area contributed by atoms with Crippen LogP contribution in [0.3, 0.4) is 0 Å². The first kappa shape index (κ1) is 7.42. The fraction of sp³-hybridized carbons (Fsp3) is 0.444. The number of nitrogens with zero attached hydrogens (tertiary/aromatic N) is 1. The smallest absolute Gasteiger partial charge is 0.00987 e.